The number of carboxylic acid groups (broad SMARTS) is 1. The molecule has 1 unspecified atom stereocenters. The van der Waals surface area contributed by atoms with Crippen molar-refractivity contribution >= 4 is 11.8 Å². The van der Waals surface area contributed by atoms with Gasteiger partial charge in [0.05, 0.1) is 19.8 Å². The number of aromatic nitrogens is 1. The highest BCUT2D eigenvalue weighted by Crippen LogP contribution is 2.45. The average molecular weight is 542 g/mol. The Morgan fingerprint density at radius 3 is 2.90 bits per heavy atom. The fraction of sp³-hybridized carbons (Fsp3) is 0.600. The third-order valence-corrected chi connectivity index (χ3v) is 8.15. The van der Waals surface area contributed by atoms with E-state index < -0.39 is 17.8 Å². The van der Waals surface area contributed by atoms with Gasteiger partial charge in [0, 0.05) is 54.5 Å². The molecule has 3 aliphatic rings. The van der Waals surface area contributed by atoms with E-state index >= 15 is 0 Å². The van der Waals surface area contributed by atoms with Gasteiger partial charge < -0.3 is 24.6 Å². The molecule has 3 heterocycles. The Morgan fingerprint density at radius 1 is 1.28 bits per heavy atom. The first kappa shape index (κ1) is 27.6. The molecule has 9 heteroatoms. The molecular formula is C30H40FN3O5. The van der Waals surface area contributed by atoms with E-state index in [1.54, 1.807) is 13.2 Å². The number of pyridine rings is 1. The molecule has 2 fully saturated rings. The lowest BCUT2D eigenvalue weighted by molar-refractivity contribution is -0.143. The first-order valence-corrected chi connectivity index (χ1v) is 14.2. The van der Waals surface area contributed by atoms with E-state index in [0.29, 0.717) is 37.6 Å². The molecular weight excluding hydrogens is 501 g/mol. The van der Waals surface area contributed by atoms with Crippen LogP contribution in [0, 0.1) is 11.2 Å². The lowest BCUT2D eigenvalue weighted by atomic mass is 10.0. The summed E-state index contributed by atoms with van der Waals surface area (Å²) in [5, 5.41) is 13.5. The Labute approximate surface area is 229 Å². The molecule has 0 spiro atoms. The maximum Gasteiger partial charge on any atom is 0.325 e. The van der Waals surface area contributed by atoms with Gasteiger partial charge in [-0.25, -0.2) is 9.37 Å². The van der Waals surface area contributed by atoms with Crippen LogP contribution in [0.5, 0.6) is 11.5 Å². The van der Waals surface area contributed by atoms with Crippen LogP contribution >= 0.6 is 0 Å². The van der Waals surface area contributed by atoms with Crippen LogP contribution in [0.25, 0.3) is 0 Å². The quantitative estimate of drug-likeness (QED) is 0.342. The molecule has 2 atom stereocenters. The van der Waals surface area contributed by atoms with E-state index in [2.05, 4.69) is 12.2 Å². The van der Waals surface area contributed by atoms with Gasteiger partial charge in [0.25, 0.3) is 0 Å². The Bertz CT molecular complexity index is 1150. The smallest absolute Gasteiger partial charge is 0.325 e. The van der Waals surface area contributed by atoms with Gasteiger partial charge in [-0.15, -0.1) is 0 Å². The third-order valence-electron chi connectivity index (χ3n) is 8.15. The number of unbranched alkanes of at least 4 members (excludes halogenated alkanes) is 1. The first-order chi connectivity index (χ1) is 18.8. The zero-order valence-corrected chi connectivity index (χ0v) is 23.0. The summed E-state index contributed by atoms with van der Waals surface area (Å²) < 4.78 is 31.9. The number of hydrogen-bond acceptors (Lipinski definition) is 7. The fourth-order valence-corrected chi connectivity index (χ4v) is 5.51. The van der Waals surface area contributed by atoms with Crippen molar-refractivity contribution in [2.45, 2.75) is 70.4 Å². The minimum Gasteiger partial charge on any atom is -0.496 e. The topological polar surface area (TPSA) is 93.2 Å². The number of aliphatic carboxylic acids is 1. The van der Waals surface area contributed by atoms with Crippen molar-refractivity contribution in [2.24, 2.45) is 5.41 Å². The second-order valence-electron chi connectivity index (χ2n) is 11.4. The minimum atomic E-state index is -1.01. The number of benzene rings is 1. The van der Waals surface area contributed by atoms with Gasteiger partial charge in [-0.1, -0.05) is 6.92 Å². The Hall–Kier alpha value is -2.91. The van der Waals surface area contributed by atoms with Gasteiger partial charge in [-0.3, -0.25) is 9.69 Å². The number of halogens is 1. The largest absolute Gasteiger partial charge is 0.496 e. The molecule has 1 aliphatic carbocycles. The van der Waals surface area contributed by atoms with Crippen molar-refractivity contribution < 1.29 is 28.5 Å². The number of likely N-dealkylation sites (tertiary alicyclic amines) is 1. The highest BCUT2D eigenvalue weighted by molar-refractivity contribution is 5.77. The highest BCUT2D eigenvalue weighted by Gasteiger charge is 2.39. The fourth-order valence-electron chi connectivity index (χ4n) is 5.51. The summed E-state index contributed by atoms with van der Waals surface area (Å²) in [4.78, 5) is 19.0. The molecule has 0 bridgehead atoms. The molecule has 0 amide bonds. The van der Waals surface area contributed by atoms with Gasteiger partial charge in [0.2, 0.25) is 0 Å². The van der Waals surface area contributed by atoms with E-state index in [1.807, 2.05) is 11.0 Å². The summed E-state index contributed by atoms with van der Waals surface area (Å²) >= 11 is 0. The molecule has 5 rings (SSSR count). The van der Waals surface area contributed by atoms with Crippen molar-refractivity contribution in [2.75, 3.05) is 45.3 Å². The predicted octanol–water partition coefficient (Wildman–Crippen LogP) is 5.01. The second-order valence-corrected chi connectivity index (χ2v) is 11.4. The molecule has 0 radical (unpaired) electrons. The number of anilines is 1. The molecule has 2 N–H and O–H groups in total. The number of methoxy groups -OCH3 is 1. The normalized spacial score (nSPS) is 20.6. The van der Waals surface area contributed by atoms with Gasteiger partial charge in [0.1, 0.15) is 29.2 Å². The number of carbonyl (C=O) groups is 1. The molecule has 1 aromatic heterocycles. The third kappa shape index (κ3) is 6.81. The predicted molar refractivity (Wildman–Crippen MR) is 146 cm³/mol. The SMILES string of the molecule is COc1cc(CCCCO[C@@H]2CCN(C(C(=O)O)c3cc(F)ccc3OCC3(C)CC3)C2)nc2c1CCCN2. The molecule has 1 aromatic carbocycles. The van der Waals surface area contributed by atoms with Crippen LogP contribution in [0.2, 0.25) is 0 Å². The summed E-state index contributed by atoms with van der Waals surface area (Å²) in [6.07, 6.45) is 7.60. The zero-order chi connectivity index (χ0) is 27.4. The zero-order valence-electron chi connectivity index (χ0n) is 23.0. The minimum absolute atomic E-state index is 0.0543. The number of carboxylic acids is 1. The van der Waals surface area contributed by atoms with E-state index in [-0.39, 0.29) is 11.5 Å². The standard InChI is InChI=1S/C30H40FN3O5/c1-30(11-12-30)19-39-25-9-8-20(31)16-24(25)27(29(35)36)34-14-10-22(18-34)38-15-4-3-6-21-17-26(37-2)23-7-5-13-32-28(23)33-21/h8-9,16-17,22,27H,3-7,10-15,18-19H2,1-2H3,(H,32,33)(H,35,36)/t22-,27?/m1/s1. The number of aryl methyl sites for hydroxylation is 1. The van der Waals surface area contributed by atoms with Crippen LogP contribution < -0.4 is 14.8 Å². The van der Waals surface area contributed by atoms with E-state index in [9.17, 15) is 14.3 Å². The Morgan fingerprint density at radius 2 is 2.13 bits per heavy atom. The van der Waals surface area contributed by atoms with Crippen molar-refractivity contribution in [1.82, 2.24) is 9.88 Å². The van der Waals surface area contributed by atoms with Crippen molar-refractivity contribution in [1.29, 1.82) is 0 Å². The van der Waals surface area contributed by atoms with E-state index in [0.717, 1.165) is 80.7 Å². The Kier molecular flexibility index (Phi) is 8.57. The highest BCUT2D eigenvalue weighted by atomic mass is 19.1. The molecule has 1 saturated carbocycles. The number of hydrogen-bond donors (Lipinski definition) is 2. The number of nitrogens with zero attached hydrogens (tertiary/aromatic N) is 2. The van der Waals surface area contributed by atoms with Gasteiger partial charge in [-0.05, 0) is 69.6 Å². The van der Waals surface area contributed by atoms with Crippen LogP contribution in [0.15, 0.2) is 24.3 Å². The van der Waals surface area contributed by atoms with Gasteiger partial charge >= 0.3 is 5.97 Å². The second kappa shape index (κ2) is 12.1. The summed E-state index contributed by atoms with van der Waals surface area (Å²) in [6, 6.07) is 5.25. The van der Waals surface area contributed by atoms with Crippen LogP contribution in [0.3, 0.4) is 0 Å². The summed E-state index contributed by atoms with van der Waals surface area (Å²) in [6.45, 7) is 5.25. The number of nitrogens with one attached hydrogen (secondary N) is 1. The van der Waals surface area contributed by atoms with E-state index in [1.165, 1.54) is 12.1 Å². The maximum absolute atomic E-state index is 14.2. The van der Waals surface area contributed by atoms with Crippen molar-refractivity contribution in [3.63, 3.8) is 0 Å². The summed E-state index contributed by atoms with van der Waals surface area (Å²) in [5.74, 6) is 0.829. The number of rotatable bonds is 13. The van der Waals surface area contributed by atoms with Crippen molar-refractivity contribution in [3.05, 3.63) is 46.9 Å². The van der Waals surface area contributed by atoms with Crippen LogP contribution in [-0.2, 0) is 22.4 Å². The molecule has 2 aromatic rings. The lowest BCUT2D eigenvalue weighted by Crippen LogP contribution is -2.34. The van der Waals surface area contributed by atoms with Crippen LogP contribution in [0.4, 0.5) is 10.2 Å². The van der Waals surface area contributed by atoms with Gasteiger partial charge in [-0.2, -0.15) is 0 Å². The Balaban J connectivity index is 1.12. The number of ether oxygens (including phenoxy) is 3. The average Bonchev–Trinajstić information content (AvgIpc) is 3.49. The molecule has 2 aliphatic heterocycles. The maximum atomic E-state index is 14.2. The van der Waals surface area contributed by atoms with E-state index in [4.69, 9.17) is 19.2 Å². The molecule has 212 valence electrons. The summed E-state index contributed by atoms with van der Waals surface area (Å²) in [5.41, 5.74) is 2.68. The number of fused-ring (bicyclic) bond motifs is 1. The summed E-state index contributed by atoms with van der Waals surface area (Å²) in [7, 11) is 1.71. The van der Waals surface area contributed by atoms with Crippen LogP contribution in [-0.4, -0.2) is 67.0 Å². The van der Waals surface area contributed by atoms with Gasteiger partial charge in [0.15, 0.2) is 0 Å². The molecule has 39 heavy (non-hydrogen) atoms. The van der Waals surface area contributed by atoms with Crippen LogP contribution in [0.1, 0.15) is 68.3 Å². The molecule has 1 saturated heterocycles. The molecule has 8 nitrogen and oxygen atoms in total. The monoisotopic (exact) mass is 541 g/mol. The van der Waals surface area contributed by atoms with Crippen molar-refractivity contribution in [3.8, 4) is 11.5 Å². The lowest BCUT2D eigenvalue weighted by Gasteiger charge is -2.26. The first-order valence-electron chi connectivity index (χ1n) is 14.2.